The van der Waals surface area contributed by atoms with Gasteiger partial charge in [-0.3, -0.25) is 9.59 Å². The molecule has 0 saturated heterocycles. The Hall–Kier alpha value is -5.00. The van der Waals surface area contributed by atoms with Crippen LogP contribution in [-0.4, -0.2) is 36.2 Å². The lowest BCUT2D eigenvalue weighted by atomic mass is 10.1. The smallest absolute Gasteiger partial charge is 0.271 e. The van der Waals surface area contributed by atoms with Crippen LogP contribution >= 0.6 is 27.3 Å². The quantitative estimate of drug-likeness (QED) is 0.0897. The summed E-state index contributed by atoms with van der Waals surface area (Å²) in [5.41, 5.74) is 9.11. The van der Waals surface area contributed by atoms with Crippen LogP contribution in [0.1, 0.15) is 34.0 Å². The van der Waals surface area contributed by atoms with Gasteiger partial charge in [0.2, 0.25) is 0 Å². The van der Waals surface area contributed by atoms with Crippen LogP contribution in [0.25, 0.3) is 11.3 Å². The Morgan fingerprint density at radius 1 is 0.978 bits per heavy atom. The maximum Gasteiger partial charge on any atom is 0.271 e. The summed E-state index contributed by atoms with van der Waals surface area (Å²) in [7, 11) is 0. The van der Waals surface area contributed by atoms with E-state index in [9.17, 15) is 9.59 Å². The molecule has 9 nitrogen and oxygen atoms in total. The number of hydrogen-bond acceptors (Lipinski definition) is 8. The van der Waals surface area contributed by atoms with Crippen LogP contribution in [0.5, 0.6) is 11.5 Å². The van der Waals surface area contributed by atoms with E-state index in [0.717, 1.165) is 38.9 Å². The molecular weight excluding hydrogens is 666 g/mol. The van der Waals surface area contributed by atoms with Crippen LogP contribution in [0.3, 0.4) is 0 Å². The van der Waals surface area contributed by atoms with Crippen molar-refractivity contribution in [1.29, 1.82) is 0 Å². The number of carbonyl (C=O) groups is 2. The Balaban J connectivity index is 1.18. The second kappa shape index (κ2) is 15.3. The number of anilines is 3. The van der Waals surface area contributed by atoms with Crippen LogP contribution < -0.4 is 25.5 Å². The highest BCUT2D eigenvalue weighted by Crippen LogP contribution is 2.36. The SMILES string of the molecule is CCOc1cc(/C=N/NC(=O)c2ccc(-c3csc(Nc4ccccc4)n3)cc2)cc(Br)c1OCC(=O)Nc1cc(C)ccc1C. The molecule has 0 fully saturated rings. The van der Waals surface area contributed by atoms with Gasteiger partial charge < -0.3 is 20.1 Å². The molecule has 1 heterocycles. The normalized spacial score (nSPS) is 10.9. The van der Waals surface area contributed by atoms with Gasteiger partial charge in [-0.05, 0) is 95.9 Å². The average Bonchev–Trinajstić information content (AvgIpc) is 3.51. The standard InChI is InChI=1S/C35H32BrN5O4S/c1-4-44-31-18-24(17-28(36)33(31)45-20-32(42)39-29-16-22(2)10-11-23(29)3)19-37-41-34(43)26-14-12-25(13-15-26)30-21-46-35(40-30)38-27-8-6-5-7-9-27/h5-19,21H,4,20H2,1-3H3,(H,38,40)(H,39,42)(H,41,43)/b37-19+. The van der Waals surface area contributed by atoms with Crippen molar-refractivity contribution in [3.05, 3.63) is 117 Å². The molecule has 0 aliphatic carbocycles. The molecule has 11 heteroatoms. The van der Waals surface area contributed by atoms with Crippen LogP contribution in [0.15, 0.2) is 99.9 Å². The number of thiazole rings is 1. The van der Waals surface area contributed by atoms with E-state index in [2.05, 4.69) is 42.1 Å². The third-order valence-corrected chi connectivity index (χ3v) is 8.05. The first kappa shape index (κ1) is 32.4. The van der Waals surface area contributed by atoms with Gasteiger partial charge in [0, 0.05) is 27.9 Å². The van der Waals surface area contributed by atoms with Crippen molar-refractivity contribution < 1.29 is 19.1 Å². The number of rotatable bonds is 12. The van der Waals surface area contributed by atoms with E-state index in [0.29, 0.717) is 33.7 Å². The Morgan fingerprint density at radius 2 is 1.76 bits per heavy atom. The number of para-hydroxylation sites is 1. The molecule has 234 valence electrons. The fourth-order valence-electron chi connectivity index (χ4n) is 4.39. The lowest BCUT2D eigenvalue weighted by Crippen LogP contribution is -2.21. The Labute approximate surface area is 279 Å². The molecule has 0 spiro atoms. The second-order valence-electron chi connectivity index (χ2n) is 10.2. The number of halogens is 1. The van der Waals surface area contributed by atoms with E-state index in [4.69, 9.17) is 9.47 Å². The monoisotopic (exact) mass is 697 g/mol. The minimum atomic E-state index is -0.355. The molecule has 0 unspecified atom stereocenters. The molecule has 4 aromatic carbocycles. The molecule has 0 atom stereocenters. The molecule has 0 bridgehead atoms. The van der Waals surface area contributed by atoms with E-state index in [1.807, 2.05) is 86.8 Å². The fourth-order valence-corrected chi connectivity index (χ4v) is 5.71. The minimum Gasteiger partial charge on any atom is -0.490 e. The van der Waals surface area contributed by atoms with Crippen LogP contribution in [0, 0.1) is 13.8 Å². The third-order valence-electron chi connectivity index (χ3n) is 6.70. The molecule has 0 aliphatic rings. The Morgan fingerprint density at radius 3 is 2.52 bits per heavy atom. The van der Waals surface area contributed by atoms with E-state index in [1.54, 1.807) is 24.3 Å². The number of hydrogen-bond donors (Lipinski definition) is 3. The fraction of sp³-hybridized carbons (Fsp3) is 0.143. The van der Waals surface area contributed by atoms with E-state index in [1.165, 1.54) is 17.6 Å². The van der Waals surface area contributed by atoms with Gasteiger partial charge in [-0.25, -0.2) is 10.4 Å². The van der Waals surface area contributed by atoms with Gasteiger partial charge in [0.05, 0.1) is 23.0 Å². The van der Waals surface area contributed by atoms with Gasteiger partial charge in [0.1, 0.15) is 0 Å². The molecule has 46 heavy (non-hydrogen) atoms. The summed E-state index contributed by atoms with van der Waals surface area (Å²) >= 11 is 5.02. The Bertz CT molecular complexity index is 1860. The maximum absolute atomic E-state index is 12.8. The lowest BCUT2D eigenvalue weighted by molar-refractivity contribution is -0.118. The van der Waals surface area contributed by atoms with E-state index >= 15 is 0 Å². The van der Waals surface area contributed by atoms with Gasteiger partial charge in [-0.15, -0.1) is 11.3 Å². The zero-order valence-electron chi connectivity index (χ0n) is 25.5. The summed E-state index contributed by atoms with van der Waals surface area (Å²) in [5, 5.41) is 13.1. The maximum atomic E-state index is 12.8. The van der Waals surface area contributed by atoms with Crippen molar-refractivity contribution in [1.82, 2.24) is 10.4 Å². The van der Waals surface area contributed by atoms with Crippen LogP contribution in [0.4, 0.5) is 16.5 Å². The van der Waals surface area contributed by atoms with Gasteiger partial charge in [0.25, 0.3) is 11.8 Å². The number of benzene rings is 4. The van der Waals surface area contributed by atoms with Gasteiger partial charge in [0.15, 0.2) is 23.2 Å². The average molecular weight is 699 g/mol. The topological polar surface area (TPSA) is 114 Å². The zero-order chi connectivity index (χ0) is 32.5. The van der Waals surface area contributed by atoms with Crippen molar-refractivity contribution in [3.8, 4) is 22.8 Å². The van der Waals surface area contributed by atoms with Gasteiger partial charge in [-0.1, -0.05) is 42.5 Å². The molecule has 5 aromatic rings. The summed E-state index contributed by atoms with van der Waals surface area (Å²) in [4.78, 5) is 30.0. The number of aryl methyl sites for hydroxylation is 2. The van der Waals surface area contributed by atoms with Crippen molar-refractivity contribution in [3.63, 3.8) is 0 Å². The number of carbonyl (C=O) groups excluding carboxylic acids is 2. The van der Waals surface area contributed by atoms with Crippen molar-refractivity contribution >= 4 is 61.8 Å². The van der Waals surface area contributed by atoms with Crippen molar-refractivity contribution in [2.24, 2.45) is 5.10 Å². The first-order valence-electron chi connectivity index (χ1n) is 14.5. The predicted molar refractivity (Wildman–Crippen MR) is 188 cm³/mol. The highest BCUT2D eigenvalue weighted by Gasteiger charge is 2.15. The molecule has 2 amide bonds. The summed E-state index contributed by atoms with van der Waals surface area (Å²) in [5.74, 6) is 0.179. The predicted octanol–water partition coefficient (Wildman–Crippen LogP) is 8.11. The van der Waals surface area contributed by atoms with Crippen LogP contribution in [-0.2, 0) is 4.79 Å². The Kier molecular flexibility index (Phi) is 10.8. The minimum absolute atomic E-state index is 0.206. The molecule has 0 saturated carbocycles. The third kappa shape index (κ3) is 8.58. The highest BCUT2D eigenvalue weighted by atomic mass is 79.9. The number of ether oxygens (including phenoxy) is 2. The number of nitrogens with zero attached hydrogens (tertiary/aromatic N) is 2. The van der Waals surface area contributed by atoms with Crippen molar-refractivity contribution in [2.45, 2.75) is 20.8 Å². The van der Waals surface area contributed by atoms with E-state index in [-0.39, 0.29) is 18.4 Å². The number of amides is 2. The molecule has 0 aliphatic heterocycles. The molecule has 5 rings (SSSR count). The molecule has 3 N–H and O–H groups in total. The zero-order valence-corrected chi connectivity index (χ0v) is 27.9. The number of aromatic nitrogens is 1. The number of hydrazone groups is 1. The summed E-state index contributed by atoms with van der Waals surface area (Å²) in [6.45, 7) is 5.93. The molecule has 1 aromatic heterocycles. The highest BCUT2D eigenvalue weighted by molar-refractivity contribution is 9.10. The summed E-state index contributed by atoms with van der Waals surface area (Å²) in [6, 6.07) is 26.4. The molecule has 0 radical (unpaired) electrons. The second-order valence-corrected chi connectivity index (χ2v) is 11.9. The van der Waals surface area contributed by atoms with Crippen LogP contribution in [0.2, 0.25) is 0 Å². The van der Waals surface area contributed by atoms with Gasteiger partial charge in [-0.2, -0.15) is 5.10 Å². The molecular formula is C35H32BrN5O4S. The van der Waals surface area contributed by atoms with Gasteiger partial charge >= 0.3 is 0 Å². The van der Waals surface area contributed by atoms with Crippen molar-refractivity contribution in [2.75, 3.05) is 23.8 Å². The summed E-state index contributed by atoms with van der Waals surface area (Å²) in [6.07, 6.45) is 1.51. The first-order chi connectivity index (χ1) is 22.3. The summed E-state index contributed by atoms with van der Waals surface area (Å²) < 4.78 is 12.2. The van der Waals surface area contributed by atoms with E-state index < -0.39 is 0 Å². The first-order valence-corrected chi connectivity index (χ1v) is 16.1. The lowest BCUT2D eigenvalue weighted by Gasteiger charge is -2.15. The number of nitrogens with one attached hydrogen (secondary N) is 3. The largest absolute Gasteiger partial charge is 0.490 e.